The molecule has 0 saturated heterocycles. The lowest BCUT2D eigenvalue weighted by atomic mass is 10.1. The van der Waals surface area contributed by atoms with Gasteiger partial charge < -0.3 is 10.4 Å². The lowest BCUT2D eigenvalue weighted by molar-refractivity contribution is 0.0949. The summed E-state index contributed by atoms with van der Waals surface area (Å²) in [6.07, 6.45) is 0. The smallest absolute Gasteiger partial charge is 0.252 e. The van der Waals surface area contributed by atoms with Crippen molar-refractivity contribution in [3.05, 3.63) is 35.2 Å². The average Bonchev–Trinajstić information content (AvgIpc) is 2.82. The molecule has 17 heavy (non-hydrogen) atoms. The number of amides is 1. The van der Waals surface area contributed by atoms with Gasteiger partial charge in [0.1, 0.15) is 5.75 Å². The van der Waals surface area contributed by atoms with E-state index in [0.29, 0.717) is 17.0 Å². The van der Waals surface area contributed by atoms with E-state index in [0.717, 1.165) is 0 Å². The van der Waals surface area contributed by atoms with Gasteiger partial charge in [0.2, 0.25) is 0 Å². The van der Waals surface area contributed by atoms with E-state index in [9.17, 15) is 9.90 Å². The van der Waals surface area contributed by atoms with Crippen molar-refractivity contribution in [2.75, 3.05) is 0 Å². The molecule has 0 radical (unpaired) electrons. The van der Waals surface area contributed by atoms with Gasteiger partial charge in [-0.15, -0.1) is 10.2 Å². The van der Waals surface area contributed by atoms with Crippen LogP contribution in [0.5, 0.6) is 5.75 Å². The first-order valence-corrected chi connectivity index (χ1v) is 4.97. The van der Waals surface area contributed by atoms with Crippen molar-refractivity contribution in [1.29, 1.82) is 0 Å². The van der Waals surface area contributed by atoms with E-state index < -0.39 is 0 Å². The van der Waals surface area contributed by atoms with Gasteiger partial charge in [-0.3, -0.25) is 4.79 Å². The molecule has 0 fully saturated rings. The summed E-state index contributed by atoms with van der Waals surface area (Å²) in [5, 5.41) is 25.2. The molecule has 7 nitrogen and oxygen atoms in total. The number of tetrazole rings is 1. The third-order valence-electron chi connectivity index (χ3n) is 2.35. The zero-order valence-electron chi connectivity index (χ0n) is 9.14. The van der Waals surface area contributed by atoms with Gasteiger partial charge in [0, 0.05) is 11.1 Å². The highest BCUT2D eigenvalue weighted by Gasteiger charge is 2.11. The summed E-state index contributed by atoms with van der Waals surface area (Å²) in [7, 11) is 0. The standard InChI is InChI=1S/C10H11N5O2/c1-6-7(3-2-4-8(6)16)10(17)11-5-9-12-14-15-13-9/h2-4,16H,5H2,1H3,(H,11,17)(H,12,13,14,15). The molecule has 7 heteroatoms. The number of aromatic nitrogens is 4. The molecule has 3 N–H and O–H groups in total. The number of phenolic OH excluding ortho intramolecular Hbond substituents is 1. The van der Waals surface area contributed by atoms with Gasteiger partial charge >= 0.3 is 0 Å². The fraction of sp³-hybridized carbons (Fsp3) is 0.200. The Balaban J connectivity index is 2.07. The number of benzene rings is 1. The van der Waals surface area contributed by atoms with Crippen molar-refractivity contribution >= 4 is 5.91 Å². The second kappa shape index (κ2) is 4.60. The van der Waals surface area contributed by atoms with Gasteiger partial charge in [-0.2, -0.15) is 5.21 Å². The number of carbonyl (C=O) groups is 1. The molecule has 1 aromatic heterocycles. The maximum absolute atomic E-state index is 11.8. The summed E-state index contributed by atoms with van der Waals surface area (Å²) >= 11 is 0. The first kappa shape index (κ1) is 11.1. The van der Waals surface area contributed by atoms with E-state index in [-0.39, 0.29) is 18.2 Å². The van der Waals surface area contributed by atoms with Crippen molar-refractivity contribution < 1.29 is 9.90 Å². The van der Waals surface area contributed by atoms with E-state index in [4.69, 9.17) is 0 Å². The van der Waals surface area contributed by atoms with Gasteiger partial charge in [-0.05, 0) is 19.1 Å². The molecule has 0 atom stereocenters. The largest absolute Gasteiger partial charge is 0.508 e. The van der Waals surface area contributed by atoms with E-state index in [1.165, 1.54) is 6.07 Å². The van der Waals surface area contributed by atoms with Crippen molar-refractivity contribution in [2.24, 2.45) is 0 Å². The summed E-state index contributed by atoms with van der Waals surface area (Å²) in [5.41, 5.74) is 0.964. The summed E-state index contributed by atoms with van der Waals surface area (Å²) in [4.78, 5) is 11.8. The Morgan fingerprint density at radius 3 is 3.06 bits per heavy atom. The Labute approximate surface area is 96.9 Å². The monoisotopic (exact) mass is 233 g/mol. The minimum absolute atomic E-state index is 0.0946. The molecular weight excluding hydrogens is 222 g/mol. The van der Waals surface area contributed by atoms with Crippen LogP contribution >= 0.6 is 0 Å². The number of H-pyrrole nitrogens is 1. The number of phenols is 1. The van der Waals surface area contributed by atoms with Crippen LogP contribution in [0.4, 0.5) is 0 Å². The Morgan fingerprint density at radius 2 is 2.35 bits per heavy atom. The number of aromatic hydroxyl groups is 1. The average molecular weight is 233 g/mol. The number of carbonyl (C=O) groups excluding carboxylic acids is 1. The number of rotatable bonds is 3. The SMILES string of the molecule is Cc1c(O)cccc1C(=O)NCc1nn[nH]n1. The number of hydrogen-bond donors (Lipinski definition) is 3. The maximum atomic E-state index is 11.8. The summed E-state index contributed by atoms with van der Waals surface area (Å²) < 4.78 is 0. The van der Waals surface area contributed by atoms with Gasteiger partial charge in [0.25, 0.3) is 5.91 Å². The number of nitrogens with zero attached hydrogens (tertiary/aromatic N) is 3. The van der Waals surface area contributed by atoms with Crippen LogP contribution in [0.25, 0.3) is 0 Å². The third-order valence-corrected chi connectivity index (χ3v) is 2.35. The lowest BCUT2D eigenvalue weighted by Gasteiger charge is -2.07. The molecule has 0 saturated carbocycles. The maximum Gasteiger partial charge on any atom is 0.252 e. The molecule has 1 aromatic carbocycles. The van der Waals surface area contributed by atoms with Gasteiger partial charge in [-0.1, -0.05) is 11.3 Å². The normalized spacial score (nSPS) is 10.2. The third kappa shape index (κ3) is 2.39. The molecule has 0 unspecified atom stereocenters. The van der Waals surface area contributed by atoms with Gasteiger partial charge in [0.15, 0.2) is 5.82 Å². The Hall–Kier alpha value is -2.44. The van der Waals surface area contributed by atoms with Crippen molar-refractivity contribution in [1.82, 2.24) is 25.9 Å². The number of aromatic amines is 1. The molecule has 0 aliphatic rings. The number of nitrogens with one attached hydrogen (secondary N) is 2. The number of hydrogen-bond acceptors (Lipinski definition) is 5. The fourth-order valence-electron chi connectivity index (χ4n) is 1.38. The zero-order valence-corrected chi connectivity index (χ0v) is 9.14. The van der Waals surface area contributed by atoms with Crippen LogP contribution in [0, 0.1) is 6.92 Å². The predicted molar refractivity (Wildman–Crippen MR) is 58.2 cm³/mol. The highest BCUT2D eigenvalue weighted by Crippen LogP contribution is 2.19. The molecule has 0 aliphatic heterocycles. The topological polar surface area (TPSA) is 104 Å². The van der Waals surface area contributed by atoms with Crippen LogP contribution in [0.2, 0.25) is 0 Å². The Kier molecular flexibility index (Phi) is 2.99. The predicted octanol–water partition coefficient (Wildman–Crippen LogP) is 0.144. The molecule has 0 aliphatic carbocycles. The summed E-state index contributed by atoms with van der Waals surface area (Å²) in [6.45, 7) is 1.86. The van der Waals surface area contributed by atoms with Gasteiger partial charge in [0.05, 0.1) is 6.54 Å². The van der Waals surface area contributed by atoms with Crippen molar-refractivity contribution in [3.63, 3.8) is 0 Å². The second-order valence-electron chi connectivity index (χ2n) is 3.46. The molecule has 0 bridgehead atoms. The first-order chi connectivity index (χ1) is 8.18. The Morgan fingerprint density at radius 1 is 1.53 bits per heavy atom. The molecule has 2 rings (SSSR count). The van der Waals surface area contributed by atoms with Crippen LogP contribution in [0.3, 0.4) is 0 Å². The minimum atomic E-state index is -0.289. The fourth-order valence-corrected chi connectivity index (χ4v) is 1.38. The van der Waals surface area contributed by atoms with E-state index >= 15 is 0 Å². The van der Waals surface area contributed by atoms with E-state index in [1.54, 1.807) is 19.1 Å². The van der Waals surface area contributed by atoms with Gasteiger partial charge in [-0.25, -0.2) is 0 Å². The molecule has 1 amide bonds. The van der Waals surface area contributed by atoms with E-state index in [1.807, 2.05) is 0 Å². The van der Waals surface area contributed by atoms with Crippen LogP contribution in [0.1, 0.15) is 21.7 Å². The highest BCUT2D eigenvalue weighted by molar-refractivity contribution is 5.96. The molecule has 2 aromatic rings. The first-order valence-electron chi connectivity index (χ1n) is 4.97. The summed E-state index contributed by atoms with van der Waals surface area (Å²) in [6, 6.07) is 4.79. The lowest BCUT2D eigenvalue weighted by Crippen LogP contribution is -2.24. The molecule has 88 valence electrons. The van der Waals surface area contributed by atoms with Crippen LogP contribution < -0.4 is 5.32 Å². The molecule has 1 heterocycles. The quantitative estimate of drug-likeness (QED) is 0.699. The second-order valence-corrected chi connectivity index (χ2v) is 3.46. The van der Waals surface area contributed by atoms with Crippen molar-refractivity contribution in [2.45, 2.75) is 13.5 Å². The van der Waals surface area contributed by atoms with Crippen LogP contribution in [-0.2, 0) is 6.54 Å². The minimum Gasteiger partial charge on any atom is -0.508 e. The van der Waals surface area contributed by atoms with Crippen molar-refractivity contribution in [3.8, 4) is 5.75 Å². The van der Waals surface area contributed by atoms with Crippen LogP contribution in [-0.4, -0.2) is 31.6 Å². The Bertz CT molecular complexity index is 523. The molecular formula is C10H11N5O2. The van der Waals surface area contributed by atoms with E-state index in [2.05, 4.69) is 25.9 Å². The molecule has 0 spiro atoms. The summed E-state index contributed by atoms with van der Waals surface area (Å²) in [5.74, 6) is 0.205. The zero-order chi connectivity index (χ0) is 12.3. The van der Waals surface area contributed by atoms with Crippen LogP contribution in [0.15, 0.2) is 18.2 Å². The highest BCUT2D eigenvalue weighted by atomic mass is 16.3.